The Kier molecular flexibility index (Phi) is 7.78. The van der Waals surface area contributed by atoms with Crippen LogP contribution in [-0.4, -0.2) is 23.6 Å². The minimum atomic E-state index is -6.09. The molecule has 2 aromatic carbocycles. The van der Waals surface area contributed by atoms with Gasteiger partial charge in [-0.3, -0.25) is 0 Å². The van der Waals surface area contributed by atoms with E-state index in [0.29, 0.717) is 5.75 Å². The van der Waals surface area contributed by atoms with Crippen molar-refractivity contribution in [2.24, 2.45) is 0 Å². The standard InChI is InChI=1S/C15H16OS.CHF3O3S/c1-12-4-2-3-5-14(12)11-17-10-13-6-8-15(16)9-7-13;2-1(3,4)8(5,6)7/h2-9,16H,10-11H2,1H3;(H,5,6,7). The van der Waals surface area contributed by atoms with Crippen molar-refractivity contribution in [2.75, 3.05) is 0 Å². The maximum Gasteiger partial charge on any atom is 0.485 e. The summed E-state index contributed by atoms with van der Waals surface area (Å²) in [5, 5.41) is 9.19. The molecule has 138 valence electrons. The number of hydrogen-bond donors (Lipinski definition) is 1. The van der Waals surface area contributed by atoms with Gasteiger partial charge in [-0.15, -0.1) is 0 Å². The lowest BCUT2D eigenvalue weighted by Crippen LogP contribution is -2.21. The molecule has 0 atom stereocenters. The van der Waals surface area contributed by atoms with Crippen LogP contribution in [0.2, 0.25) is 0 Å². The highest BCUT2D eigenvalue weighted by Crippen LogP contribution is 2.20. The molecular weight excluding hydrogens is 377 g/mol. The van der Waals surface area contributed by atoms with E-state index in [9.17, 15) is 18.3 Å². The number of hydrogen-bond acceptors (Lipinski definition) is 4. The molecular formula is C16H17F3O4S2. The lowest BCUT2D eigenvalue weighted by Gasteiger charge is -2.08. The van der Waals surface area contributed by atoms with Crippen molar-refractivity contribution < 1.29 is 31.2 Å². The highest BCUT2D eigenvalue weighted by molar-refractivity contribution is 7.86. The van der Waals surface area contributed by atoms with Gasteiger partial charge >= 0.3 is 5.51 Å². The zero-order valence-electron chi connectivity index (χ0n) is 13.2. The maximum atomic E-state index is 10.7. The molecule has 0 fully saturated rings. The Labute approximate surface area is 148 Å². The third-order valence-corrected chi connectivity index (χ3v) is 4.78. The summed E-state index contributed by atoms with van der Waals surface area (Å²) in [5.74, 6) is 2.46. The lowest BCUT2D eigenvalue weighted by atomic mass is 10.1. The van der Waals surface area contributed by atoms with Gasteiger partial charge in [-0.25, -0.2) is 8.42 Å². The number of aromatic hydroxyl groups is 1. The Morgan fingerprint density at radius 3 is 2.04 bits per heavy atom. The van der Waals surface area contributed by atoms with Gasteiger partial charge in [0.1, 0.15) is 17.3 Å². The third-order valence-electron chi connectivity index (χ3n) is 3.06. The van der Waals surface area contributed by atoms with E-state index in [1.165, 1.54) is 28.5 Å². The molecule has 0 aliphatic rings. The van der Waals surface area contributed by atoms with Gasteiger partial charge in [-0.1, -0.05) is 36.4 Å². The molecule has 0 saturated heterocycles. The zero-order valence-corrected chi connectivity index (χ0v) is 14.9. The number of phenols is 1. The molecule has 2 rings (SSSR count). The van der Waals surface area contributed by atoms with Gasteiger partial charge in [0.15, 0.2) is 10.1 Å². The van der Waals surface area contributed by atoms with Crippen LogP contribution in [0, 0.1) is 6.92 Å². The fourth-order valence-electron chi connectivity index (χ4n) is 1.69. The van der Waals surface area contributed by atoms with Gasteiger partial charge < -0.3 is 9.66 Å². The van der Waals surface area contributed by atoms with Gasteiger partial charge in [0.2, 0.25) is 0 Å². The van der Waals surface area contributed by atoms with Crippen molar-refractivity contribution in [1.29, 1.82) is 0 Å². The van der Waals surface area contributed by atoms with Crippen molar-refractivity contribution in [1.82, 2.24) is 0 Å². The van der Waals surface area contributed by atoms with E-state index in [2.05, 4.69) is 31.2 Å². The summed E-state index contributed by atoms with van der Waals surface area (Å²) in [6.07, 6.45) is 0. The molecule has 4 nitrogen and oxygen atoms in total. The summed E-state index contributed by atoms with van der Waals surface area (Å²) in [7, 11) is -6.09. The molecule has 0 radical (unpaired) electrons. The van der Waals surface area contributed by atoms with Crippen molar-refractivity contribution in [2.45, 2.75) is 23.9 Å². The van der Waals surface area contributed by atoms with Gasteiger partial charge in [0.05, 0.1) is 0 Å². The Morgan fingerprint density at radius 1 is 1.04 bits per heavy atom. The number of alkyl halides is 3. The van der Waals surface area contributed by atoms with Crippen LogP contribution in [0.1, 0.15) is 16.7 Å². The maximum absolute atomic E-state index is 10.7. The normalized spacial score (nSPS) is 11.6. The Morgan fingerprint density at radius 2 is 1.56 bits per heavy atom. The first-order valence-electron chi connectivity index (χ1n) is 6.98. The average Bonchev–Trinajstić information content (AvgIpc) is 2.50. The molecule has 2 aromatic rings. The highest BCUT2D eigenvalue weighted by Gasteiger charge is 2.36. The first-order valence-corrected chi connectivity index (χ1v) is 9.66. The van der Waals surface area contributed by atoms with E-state index in [-0.39, 0.29) is 0 Å². The topological polar surface area (TPSA) is 77.4 Å². The smallest absolute Gasteiger partial charge is 0.485 e. The van der Waals surface area contributed by atoms with Gasteiger partial charge in [0.25, 0.3) is 0 Å². The number of aryl methyl sites for hydroxylation is 1. The van der Waals surface area contributed by atoms with Gasteiger partial charge in [0, 0.05) is 11.1 Å². The molecule has 0 amide bonds. The Bertz CT molecular complexity index is 773. The minimum absolute atomic E-state index is 0.337. The van der Waals surface area contributed by atoms with Crippen LogP contribution >= 0.6 is 0 Å². The molecule has 0 aromatic heterocycles. The van der Waals surface area contributed by atoms with Crippen molar-refractivity contribution in [3.05, 3.63) is 65.2 Å². The van der Waals surface area contributed by atoms with E-state index in [1.54, 1.807) is 12.1 Å². The Hall–Kier alpha value is -1.71. The Balaban J connectivity index is 0.000000333. The van der Waals surface area contributed by atoms with Crippen molar-refractivity contribution in [3.63, 3.8) is 0 Å². The van der Waals surface area contributed by atoms with Gasteiger partial charge in [-0.05, 0) is 36.4 Å². The summed E-state index contributed by atoms with van der Waals surface area (Å²) in [4.78, 5) is 0. The van der Waals surface area contributed by atoms with E-state index in [0.717, 1.165) is 11.5 Å². The minimum Gasteiger partial charge on any atom is -0.741 e. The molecule has 0 unspecified atom stereocenters. The SMILES string of the molecule is Cc1ccccc1C[SH+]Cc1ccc(O)cc1.O=S(=O)([O-])C(F)(F)F. The number of phenolic OH excluding ortho intramolecular Hbond substituents is 1. The largest absolute Gasteiger partial charge is 0.741 e. The predicted molar refractivity (Wildman–Crippen MR) is 91.2 cm³/mol. The molecule has 9 heteroatoms. The third kappa shape index (κ3) is 7.80. The lowest BCUT2D eigenvalue weighted by molar-refractivity contribution is -0.0517. The predicted octanol–water partition coefficient (Wildman–Crippen LogP) is 3.27. The average molecular weight is 394 g/mol. The van der Waals surface area contributed by atoms with Crippen LogP contribution in [0.15, 0.2) is 48.5 Å². The van der Waals surface area contributed by atoms with E-state index in [4.69, 9.17) is 13.0 Å². The van der Waals surface area contributed by atoms with Crippen LogP contribution in [0.25, 0.3) is 0 Å². The van der Waals surface area contributed by atoms with E-state index >= 15 is 0 Å². The molecule has 0 aliphatic heterocycles. The first kappa shape index (κ1) is 21.3. The molecule has 0 bridgehead atoms. The van der Waals surface area contributed by atoms with Crippen LogP contribution in [0.3, 0.4) is 0 Å². The van der Waals surface area contributed by atoms with Gasteiger partial charge in [-0.2, -0.15) is 13.2 Å². The van der Waals surface area contributed by atoms with Crippen molar-refractivity contribution in [3.8, 4) is 5.75 Å². The number of thiol groups is 1. The van der Waals surface area contributed by atoms with E-state index < -0.39 is 15.6 Å². The molecule has 0 saturated carbocycles. The molecule has 0 aliphatic carbocycles. The molecule has 0 heterocycles. The van der Waals surface area contributed by atoms with Crippen LogP contribution in [-0.2, 0) is 33.4 Å². The monoisotopic (exact) mass is 394 g/mol. The first-order chi connectivity index (χ1) is 11.5. The quantitative estimate of drug-likeness (QED) is 0.374. The second-order valence-corrected chi connectivity index (χ2v) is 7.48. The summed E-state index contributed by atoms with van der Waals surface area (Å²) in [5.41, 5.74) is -1.58. The van der Waals surface area contributed by atoms with Crippen molar-refractivity contribution >= 4 is 21.9 Å². The summed E-state index contributed by atoms with van der Waals surface area (Å²) in [6, 6.07) is 16.0. The number of rotatable bonds is 4. The number of halogens is 3. The fraction of sp³-hybridized carbons (Fsp3) is 0.250. The molecule has 1 N–H and O–H groups in total. The summed E-state index contributed by atoms with van der Waals surface area (Å²) in [6.45, 7) is 2.16. The second kappa shape index (κ2) is 9.12. The summed E-state index contributed by atoms with van der Waals surface area (Å²) < 4.78 is 58.9. The van der Waals surface area contributed by atoms with Crippen LogP contribution < -0.4 is 0 Å². The second-order valence-electron chi connectivity index (χ2n) is 5.03. The van der Waals surface area contributed by atoms with Crippen LogP contribution in [0.4, 0.5) is 13.2 Å². The molecule has 25 heavy (non-hydrogen) atoms. The van der Waals surface area contributed by atoms with E-state index in [1.807, 2.05) is 12.1 Å². The molecule has 0 spiro atoms. The van der Waals surface area contributed by atoms with Crippen LogP contribution in [0.5, 0.6) is 5.75 Å². The number of benzene rings is 2. The fourth-order valence-corrected chi connectivity index (χ4v) is 2.87. The highest BCUT2D eigenvalue weighted by atomic mass is 32.2. The zero-order chi connectivity index (χ0) is 19.1. The summed E-state index contributed by atoms with van der Waals surface area (Å²) >= 11 is 1.40.